The first-order valence-electron chi connectivity index (χ1n) is 6.13. The van der Waals surface area contributed by atoms with Crippen LogP contribution >= 0.6 is 15.9 Å². The largest absolute Gasteiger partial charge is 0.337 e. The number of aromatic nitrogens is 2. The fourth-order valence-corrected chi connectivity index (χ4v) is 2.83. The molecule has 1 saturated heterocycles. The molecule has 1 N–H and O–H groups in total. The summed E-state index contributed by atoms with van der Waals surface area (Å²) in [5.74, 6) is 0.747. The fraction of sp³-hybridized carbons (Fsp3) is 0.385. The van der Waals surface area contributed by atoms with Crippen molar-refractivity contribution in [2.75, 3.05) is 6.54 Å². The molecule has 1 aromatic carbocycles. The van der Waals surface area contributed by atoms with E-state index in [9.17, 15) is 4.39 Å². The Balaban J connectivity index is 1.97. The van der Waals surface area contributed by atoms with Gasteiger partial charge in [0.2, 0.25) is 11.7 Å². The van der Waals surface area contributed by atoms with Gasteiger partial charge in [-0.2, -0.15) is 4.98 Å². The maximum absolute atomic E-state index is 13.1. The van der Waals surface area contributed by atoms with Crippen LogP contribution in [0.15, 0.2) is 27.2 Å². The van der Waals surface area contributed by atoms with Crippen molar-refractivity contribution in [2.45, 2.75) is 25.3 Å². The Bertz CT molecular complexity index is 608. The van der Waals surface area contributed by atoms with Gasteiger partial charge in [0.15, 0.2) is 0 Å². The molecule has 1 aliphatic rings. The quantitative estimate of drug-likeness (QED) is 0.920. The minimum Gasteiger partial charge on any atom is -0.337 e. The van der Waals surface area contributed by atoms with Gasteiger partial charge in [-0.05, 0) is 60.4 Å². The van der Waals surface area contributed by atoms with Gasteiger partial charge in [-0.15, -0.1) is 0 Å². The second-order valence-electron chi connectivity index (χ2n) is 4.91. The minimum absolute atomic E-state index is 0.252. The second kappa shape index (κ2) is 4.68. The van der Waals surface area contributed by atoms with Gasteiger partial charge >= 0.3 is 0 Å². The van der Waals surface area contributed by atoms with Gasteiger partial charge in [0.25, 0.3) is 0 Å². The van der Waals surface area contributed by atoms with Crippen LogP contribution in [-0.4, -0.2) is 16.7 Å². The van der Waals surface area contributed by atoms with Crippen LogP contribution in [0.4, 0.5) is 4.39 Å². The fourth-order valence-electron chi connectivity index (χ4n) is 2.30. The summed E-state index contributed by atoms with van der Waals surface area (Å²) in [4.78, 5) is 4.43. The molecule has 0 spiro atoms. The first kappa shape index (κ1) is 12.7. The Morgan fingerprint density at radius 3 is 3.00 bits per heavy atom. The first-order chi connectivity index (χ1) is 9.08. The third kappa shape index (κ3) is 2.30. The molecule has 6 heteroatoms. The number of halogens is 2. The van der Waals surface area contributed by atoms with E-state index in [-0.39, 0.29) is 11.4 Å². The predicted molar refractivity (Wildman–Crippen MR) is 72.0 cm³/mol. The molecule has 2 aromatic rings. The number of benzene rings is 1. The Hall–Kier alpha value is -1.27. The zero-order valence-electron chi connectivity index (χ0n) is 10.4. The van der Waals surface area contributed by atoms with E-state index in [0.29, 0.717) is 16.2 Å². The Labute approximate surface area is 118 Å². The standard InChI is InChI=1S/C13H13BrFN3O/c1-13(5-2-6-16-13)12-17-11(18-19-12)9-4-3-8(15)7-10(9)14/h3-4,7,16H,2,5-6H2,1H3. The van der Waals surface area contributed by atoms with Crippen molar-refractivity contribution in [3.05, 3.63) is 34.4 Å². The van der Waals surface area contributed by atoms with Crippen LogP contribution in [0.1, 0.15) is 25.7 Å². The number of nitrogens with zero attached hydrogens (tertiary/aromatic N) is 2. The Kier molecular flexibility index (Phi) is 3.14. The number of hydrogen-bond donors (Lipinski definition) is 1. The molecule has 0 saturated carbocycles. The summed E-state index contributed by atoms with van der Waals surface area (Å²) in [6, 6.07) is 4.41. The molecule has 1 aromatic heterocycles. The average molecular weight is 326 g/mol. The van der Waals surface area contributed by atoms with Gasteiger partial charge < -0.3 is 9.84 Å². The molecule has 19 heavy (non-hydrogen) atoms. The summed E-state index contributed by atoms with van der Waals surface area (Å²) in [5, 5.41) is 7.36. The van der Waals surface area contributed by atoms with Crippen LogP contribution in [-0.2, 0) is 5.54 Å². The van der Waals surface area contributed by atoms with Crippen molar-refractivity contribution >= 4 is 15.9 Å². The molecule has 4 nitrogen and oxygen atoms in total. The highest BCUT2D eigenvalue weighted by Gasteiger charge is 2.35. The lowest BCUT2D eigenvalue weighted by molar-refractivity contribution is 0.275. The monoisotopic (exact) mass is 325 g/mol. The molecule has 0 aliphatic carbocycles. The molecule has 0 radical (unpaired) electrons. The zero-order valence-corrected chi connectivity index (χ0v) is 12.0. The van der Waals surface area contributed by atoms with Crippen molar-refractivity contribution in [3.8, 4) is 11.4 Å². The number of nitrogens with one attached hydrogen (secondary N) is 1. The van der Waals surface area contributed by atoms with Gasteiger partial charge in [-0.3, -0.25) is 0 Å². The molecular weight excluding hydrogens is 313 g/mol. The second-order valence-corrected chi connectivity index (χ2v) is 5.76. The van der Waals surface area contributed by atoms with Crippen molar-refractivity contribution in [1.29, 1.82) is 0 Å². The third-order valence-electron chi connectivity index (χ3n) is 3.44. The van der Waals surface area contributed by atoms with Crippen molar-refractivity contribution in [3.63, 3.8) is 0 Å². The SMILES string of the molecule is CC1(c2nc(-c3ccc(F)cc3Br)no2)CCCN1. The highest BCUT2D eigenvalue weighted by Crippen LogP contribution is 2.32. The normalized spacial score (nSPS) is 22.9. The van der Waals surface area contributed by atoms with Crippen LogP contribution < -0.4 is 5.32 Å². The van der Waals surface area contributed by atoms with Crippen LogP contribution in [0.3, 0.4) is 0 Å². The molecule has 0 amide bonds. The van der Waals surface area contributed by atoms with Crippen molar-refractivity contribution < 1.29 is 8.91 Å². The highest BCUT2D eigenvalue weighted by atomic mass is 79.9. The molecule has 0 bridgehead atoms. The summed E-state index contributed by atoms with van der Waals surface area (Å²) in [5.41, 5.74) is 0.468. The summed E-state index contributed by atoms with van der Waals surface area (Å²) >= 11 is 3.31. The lowest BCUT2D eigenvalue weighted by atomic mass is 10.0. The molecule has 1 fully saturated rings. The van der Waals surface area contributed by atoms with E-state index in [2.05, 4.69) is 38.3 Å². The highest BCUT2D eigenvalue weighted by molar-refractivity contribution is 9.10. The average Bonchev–Trinajstić information content (AvgIpc) is 2.99. The van der Waals surface area contributed by atoms with Crippen molar-refractivity contribution in [2.24, 2.45) is 0 Å². The molecular formula is C13H13BrFN3O. The number of hydrogen-bond acceptors (Lipinski definition) is 4. The molecule has 3 rings (SSSR count). The Morgan fingerprint density at radius 2 is 2.32 bits per heavy atom. The lowest BCUT2D eigenvalue weighted by Crippen LogP contribution is -2.33. The maximum Gasteiger partial charge on any atom is 0.246 e. The summed E-state index contributed by atoms with van der Waals surface area (Å²) in [6.07, 6.45) is 2.06. The van der Waals surface area contributed by atoms with E-state index in [0.717, 1.165) is 24.9 Å². The topological polar surface area (TPSA) is 51.0 Å². The smallest absolute Gasteiger partial charge is 0.246 e. The van der Waals surface area contributed by atoms with E-state index in [1.165, 1.54) is 12.1 Å². The van der Waals surface area contributed by atoms with Crippen LogP contribution in [0.2, 0.25) is 0 Å². The predicted octanol–water partition coefficient (Wildman–Crippen LogP) is 3.24. The summed E-state index contributed by atoms with van der Waals surface area (Å²) < 4.78 is 19.0. The first-order valence-corrected chi connectivity index (χ1v) is 6.92. The van der Waals surface area contributed by atoms with Crippen LogP contribution in [0.25, 0.3) is 11.4 Å². The molecule has 1 atom stereocenters. The van der Waals surface area contributed by atoms with Gasteiger partial charge in [-0.1, -0.05) is 5.16 Å². The van der Waals surface area contributed by atoms with E-state index >= 15 is 0 Å². The van der Waals surface area contributed by atoms with E-state index in [4.69, 9.17) is 4.52 Å². The zero-order chi connectivity index (χ0) is 13.5. The van der Waals surface area contributed by atoms with Crippen LogP contribution in [0, 0.1) is 5.82 Å². The maximum atomic E-state index is 13.1. The van der Waals surface area contributed by atoms with Gasteiger partial charge in [-0.25, -0.2) is 4.39 Å². The molecule has 1 aliphatic heterocycles. The van der Waals surface area contributed by atoms with E-state index < -0.39 is 0 Å². The van der Waals surface area contributed by atoms with Crippen LogP contribution in [0.5, 0.6) is 0 Å². The molecule has 2 heterocycles. The van der Waals surface area contributed by atoms with E-state index in [1.54, 1.807) is 6.07 Å². The lowest BCUT2D eigenvalue weighted by Gasteiger charge is -2.18. The van der Waals surface area contributed by atoms with Gasteiger partial charge in [0, 0.05) is 10.0 Å². The number of rotatable bonds is 2. The Morgan fingerprint density at radius 1 is 1.47 bits per heavy atom. The van der Waals surface area contributed by atoms with Gasteiger partial charge in [0.1, 0.15) is 5.82 Å². The third-order valence-corrected chi connectivity index (χ3v) is 4.09. The van der Waals surface area contributed by atoms with Crippen molar-refractivity contribution in [1.82, 2.24) is 15.5 Å². The van der Waals surface area contributed by atoms with E-state index in [1.807, 2.05) is 0 Å². The minimum atomic E-state index is -0.302. The summed E-state index contributed by atoms with van der Waals surface area (Å²) in [7, 11) is 0. The van der Waals surface area contributed by atoms with Gasteiger partial charge in [0.05, 0.1) is 5.54 Å². The molecule has 100 valence electrons. The summed E-state index contributed by atoms with van der Waals surface area (Å²) in [6.45, 7) is 3.01. The molecule has 1 unspecified atom stereocenters.